The first-order chi connectivity index (χ1) is 12.0. The minimum Gasteiger partial charge on any atom is -0.354 e. The number of aryl methyl sites for hydroxylation is 2. The average Bonchev–Trinajstić information content (AvgIpc) is 3.28. The number of halogens is 1. The van der Waals surface area contributed by atoms with Gasteiger partial charge in [-0.05, 0) is 51.8 Å². The van der Waals surface area contributed by atoms with E-state index in [0.717, 1.165) is 35.4 Å². The van der Waals surface area contributed by atoms with Crippen LogP contribution in [-0.2, 0) is 11.8 Å². The van der Waals surface area contributed by atoms with Crippen LogP contribution in [0.2, 0.25) is 0 Å². The number of amides is 2. The molecule has 2 aromatic heterocycles. The zero-order valence-corrected chi connectivity index (χ0v) is 16.9. The molecule has 1 aliphatic heterocycles. The Morgan fingerprint density at radius 3 is 2.92 bits per heavy atom. The van der Waals surface area contributed by atoms with E-state index in [9.17, 15) is 9.59 Å². The summed E-state index contributed by atoms with van der Waals surface area (Å²) in [5.74, 6) is 0.280. The molecule has 0 saturated carbocycles. The lowest BCUT2D eigenvalue weighted by atomic mass is 10.1. The number of nitrogens with zero attached hydrogens (tertiary/aromatic N) is 2. The van der Waals surface area contributed by atoms with Crippen LogP contribution in [0.5, 0.6) is 0 Å². The van der Waals surface area contributed by atoms with E-state index in [1.807, 2.05) is 20.0 Å². The molecule has 3 N–H and O–H groups in total. The van der Waals surface area contributed by atoms with E-state index in [0.29, 0.717) is 17.3 Å². The Bertz CT molecular complexity index is 747. The molecule has 2 aromatic rings. The Balaban J connectivity index is 0.00000243. The number of nitrogens with one attached hydrogen (secondary N) is 3. The molecule has 1 saturated heterocycles. The summed E-state index contributed by atoms with van der Waals surface area (Å²) < 4.78 is 1.78. The second-order valence-electron chi connectivity index (χ2n) is 6.67. The van der Waals surface area contributed by atoms with Gasteiger partial charge >= 0.3 is 0 Å². The van der Waals surface area contributed by atoms with Crippen molar-refractivity contribution in [3.63, 3.8) is 0 Å². The number of aromatic nitrogens is 2. The first kappa shape index (κ1) is 20.7. The van der Waals surface area contributed by atoms with Crippen LogP contribution in [0.25, 0.3) is 10.2 Å². The molecule has 3 rings (SSSR count). The summed E-state index contributed by atoms with van der Waals surface area (Å²) >= 11 is 1.39. The fourth-order valence-electron chi connectivity index (χ4n) is 3.16. The maximum Gasteiger partial charge on any atom is 0.262 e. The van der Waals surface area contributed by atoms with Crippen LogP contribution in [0, 0.1) is 12.8 Å². The second kappa shape index (κ2) is 8.83. The number of carbonyl (C=O) groups excluding carboxylic acids is 2. The van der Waals surface area contributed by atoms with Crippen molar-refractivity contribution in [1.29, 1.82) is 0 Å². The molecule has 9 heteroatoms. The first-order valence-electron chi connectivity index (χ1n) is 8.68. The van der Waals surface area contributed by atoms with E-state index in [4.69, 9.17) is 0 Å². The molecule has 26 heavy (non-hydrogen) atoms. The van der Waals surface area contributed by atoms with Crippen molar-refractivity contribution in [2.75, 3.05) is 19.6 Å². The number of fused-ring (bicyclic) bond motifs is 1. The van der Waals surface area contributed by atoms with Gasteiger partial charge in [0.25, 0.3) is 5.91 Å². The standard InChI is InChI=1S/C17H25N5O2S.ClH/c1-10-13-8-14(25-17(13)22(3)21-10)16(24)20-11(2)15(23)19-7-5-12-4-6-18-9-12;/h8,11-12,18H,4-7,9H2,1-3H3,(H,19,23)(H,20,24);1H. The van der Waals surface area contributed by atoms with Crippen molar-refractivity contribution in [3.8, 4) is 0 Å². The summed E-state index contributed by atoms with van der Waals surface area (Å²) in [6.07, 6.45) is 2.14. The van der Waals surface area contributed by atoms with E-state index < -0.39 is 6.04 Å². The van der Waals surface area contributed by atoms with Crippen LogP contribution in [0.3, 0.4) is 0 Å². The number of thiophene rings is 1. The average molecular weight is 400 g/mol. The number of carbonyl (C=O) groups is 2. The molecule has 2 amide bonds. The van der Waals surface area contributed by atoms with Crippen LogP contribution in [0.15, 0.2) is 6.07 Å². The minimum atomic E-state index is -0.557. The van der Waals surface area contributed by atoms with Crippen molar-refractivity contribution >= 4 is 45.8 Å². The third-order valence-corrected chi connectivity index (χ3v) is 5.88. The molecule has 144 valence electrons. The van der Waals surface area contributed by atoms with Gasteiger partial charge in [-0.3, -0.25) is 14.3 Å². The fraction of sp³-hybridized carbons (Fsp3) is 0.588. The van der Waals surface area contributed by atoms with Crippen molar-refractivity contribution in [2.45, 2.75) is 32.7 Å². The van der Waals surface area contributed by atoms with Gasteiger partial charge in [-0.15, -0.1) is 23.7 Å². The Labute approximate surface area is 163 Å². The quantitative estimate of drug-likeness (QED) is 0.688. The normalized spacial score (nSPS) is 17.7. The molecule has 0 spiro atoms. The van der Waals surface area contributed by atoms with Crippen molar-refractivity contribution < 1.29 is 9.59 Å². The van der Waals surface area contributed by atoms with Crippen LogP contribution in [-0.4, -0.2) is 47.3 Å². The Morgan fingerprint density at radius 2 is 2.27 bits per heavy atom. The van der Waals surface area contributed by atoms with Gasteiger partial charge in [0.1, 0.15) is 10.9 Å². The molecular weight excluding hydrogens is 374 g/mol. The van der Waals surface area contributed by atoms with Crippen molar-refractivity contribution in [1.82, 2.24) is 25.7 Å². The van der Waals surface area contributed by atoms with E-state index in [-0.39, 0.29) is 24.2 Å². The SMILES string of the molecule is Cc1nn(C)c2sc(C(=O)NC(C)C(=O)NCCC3CCNC3)cc12.Cl. The van der Waals surface area contributed by atoms with E-state index in [1.165, 1.54) is 17.8 Å². The number of hydrogen-bond acceptors (Lipinski definition) is 5. The summed E-state index contributed by atoms with van der Waals surface area (Å²) in [6.45, 7) is 6.38. The Hall–Kier alpha value is -1.64. The van der Waals surface area contributed by atoms with Crippen molar-refractivity contribution in [2.24, 2.45) is 13.0 Å². The molecule has 1 aliphatic rings. The molecule has 0 radical (unpaired) electrons. The number of rotatable bonds is 6. The third kappa shape index (κ3) is 4.55. The lowest BCUT2D eigenvalue weighted by Crippen LogP contribution is -2.45. The molecule has 0 bridgehead atoms. The van der Waals surface area contributed by atoms with Gasteiger partial charge in [-0.25, -0.2) is 0 Å². The van der Waals surface area contributed by atoms with Crippen LogP contribution in [0.1, 0.15) is 35.1 Å². The smallest absolute Gasteiger partial charge is 0.262 e. The first-order valence-corrected chi connectivity index (χ1v) is 9.49. The second-order valence-corrected chi connectivity index (χ2v) is 7.70. The highest BCUT2D eigenvalue weighted by Crippen LogP contribution is 2.27. The lowest BCUT2D eigenvalue weighted by Gasteiger charge is -2.14. The van der Waals surface area contributed by atoms with Gasteiger partial charge in [0.15, 0.2) is 0 Å². The van der Waals surface area contributed by atoms with Crippen LogP contribution >= 0.6 is 23.7 Å². The number of hydrogen-bond donors (Lipinski definition) is 3. The predicted molar refractivity (Wildman–Crippen MR) is 106 cm³/mol. The van der Waals surface area contributed by atoms with Crippen LogP contribution in [0.4, 0.5) is 0 Å². The zero-order chi connectivity index (χ0) is 18.0. The van der Waals surface area contributed by atoms with Gasteiger partial charge in [0.2, 0.25) is 5.91 Å². The minimum absolute atomic E-state index is 0. The highest BCUT2D eigenvalue weighted by molar-refractivity contribution is 7.20. The monoisotopic (exact) mass is 399 g/mol. The van der Waals surface area contributed by atoms with Crippen LogP contribution < -0.4 is 16.0 Å². The third-order valence-electron chi connectivity index (χ3n) is 4.68. The molecule has 7 nitrogen and oxygen atoms in total. The van der Waals surface area contributed by atoms with Gasteiger partial charge in [0.05, 0.1) is 10.6 Å². The van der Waals surface area contributed by atoms with Gasteiger partial charge in [-0.2, -0.15) is 5.10 Å². The van der Waals surface area contributed by atoms with Gasteiger partial charge < -0.3 is 16.0 Å². The predicted octanol–water partition coefficient (Wildman–Crippen LogP) is 1.60. The largest absolute Gasteiger partial charge is 0.354 e. The summed E-state index contributed by atoms with van der Waals surface area (Å²) in [7, 11) is 1.86. The van der Waals surface area contributed by atoms with E-state index >= 15 is 0 Å². The summed E-state index contributed by atoms with van der Waals surface area (Å²) in [5, 5.41) is 14.3. The maximum absolute atomic E-state index is 12.4. The Kier molecular flexibility index (Phi) is 7.02. The molecule has 0 aliphatic carbocycles. The molecule has 1 fully saturated rings. The van der Waals surface area contributed by atoms with E-state index in [1.54, 1.807) is 11.6 Å². The van der Waals surface area contributed by atoms with Crippen molar-refractivity contribution in [3.05, 3.63) is 16.6 Å². The Morgan fingerprint density at radius 1 is 1.50 bits per heavy atom. The summed E-state index contributed by atoms with van der Waals surface area (Å²) in [6, 6.07) is 1.29. The topological polar surface area (TPSA) is 88.0 Å². The van der Waals surface area contributed by atoms with Gasteiger partial charge in [0, 0.05) is 19.0 Å². The molecular formula is C17H26ClN5O2S. The highest BCUT2D eigenvalue weighted by atomic mass is 35.5. The fourth-order valence-corrected chi connectivity index (χ4v) is 4.19. The zero-order valence-electron chi connectivity index (χ0n) is 15.3. The van der Waals surface area contributed by atoms with Gasteiger partial charge in [-0.1, -0.05) is 0 Å². The molecule has 0 aromatic carbocycles. The molecule has 2 atom stereocenters. The highest BCUT2D eigenvalue weighted by Gasteiger charge is 2.20. The van der Waals surface area contributed by atoms with E-state index in [2.05, 4.69) is 21.0 Å². The molecule has 2 unspecified atom stereocenters. The maximum atomic E-state index is 12.4. The summed E-state index contributed by atoms with van der Waals surface area (Å²) in [5.41, 5.74) is 0.903. The summed E-state index contributed by atoms with van der Waals surface area (Å²) in [4.78, 5) is 26.1. The lowest BCUT2D eigenvalue weighted by molar-refractivity contribution is -0.122. The molecule has 3 heterocycles.